The SMILES string of the molecule is CC(C)(C)C(N)CC(=O)NCCCC(=O)O. The molecule has 0 bridgehead atoms. The van der Waals surface area contributed by atoms with Crippen LogP contribution in [0.25, 0.3) is 0 Å². The van der Waals surface area contributed by atoms with Crippen molar-refractivity contribution in [3.63, 3.8) is 0 Å². The summed E-state index contributed by atoms with van der Waals surface area (Å²) in [6.45, 7) is 6.34. The predicted octanol–water partition coefficient (Wildman–Crippen LogP) is 0.731. The summed E-state index contributed by atoms with van der Waals surface area (Å²) in [7, 11) is 0. The molecule has 5 heteroatoms. The van der Waals surface area contributed by atoms with Crippen LogP contribution in [0, 0.1) is 5.41 Å². The van der Waals surface area contributed by atoms with E-state index in [0.29, 0.717) is 13.0 Å². The van der Waals surface area contributed by atoms with Gasteiger partial charge in [0.05, 0.1) is 0 Å². The number of hydrogen-bond acceptors (Lipinski definition) is 3. The van der Waals surface area contributed by atoms with Crippen LogP contribution >= 0.6 is 0 Å². The lowest BCUT2D eigenvalue weighted by Gasteiger charge is -2.26. The van der Waals surface area contributed by atoms with Crippen molar-refractivity contribution in [2.45, 2.75) is 46.1 Å². The maximum Gasteiger partial charge on any atom is 0.303 e. The zero-order valence-electron chi connectivity index (χ0n) is 10.2. The molecule has 0 heterocycles. The van der Waals surface area contributed by atoms with Gasteiger partial charge in [0, 0.05) is 25.4 Å². The molecule has 0 saturated carbocycles. The summed E-state index contributed by atoms with van der Waals surface area (Å²) < 4.78 is 0. The summed E-state index contributed by atoms with van der Waals surface area (Å²) in [5.41, 5.74) is 5.75. The molecule has 94 valence electrons. The first kappa shape index (κ1) is 14.9. The molecule has 1 atom stereocenters. The number of carboxylic acid groups (broad SMARTS) is 1. The second-order valence-corrected chi connectivity index (χ2v) is 5.02. The molecule has 0 rings (SSSR count). The van der Waals surface area contributed by atoms with Crippen molar-refractivity contribution in [3.8, 4) is 0 Å². The van der Waals surface area contributed by atoms with Crippen molar-refractivity contribution in [1.82, 2.24) is 5.32 Å². The molecule has 1 unspecified atom stereocenters. The van der Waals surface area contributed by atoms with Crippen LogP contribution in [0.15, 0.2) is 0 Å². The highest BCUT2D eigenvalue weighted by Crippen LogP contribution is 2.19. The molecular formula is C11H22N2O3. The van der Waals surface area contributed by atoms with Crippen LogP contribution in [0.4, 0.5) is 0 Å². The Morgan fingerprint density at radius 2 is 1.94 bits per heavy atom. The Balaban J connectivity index is 3.71. The lowest BCUT2D eigenvalue weighted by atomic mass is 9.85. The summed E-state index contributed by atoms with van der Waals surface area (Å²) in [4.78, 5) is 21.6. The van der Waals surface area contributed by atoms with Crippen LogP contribution in [0.1, 0.15) is 40.0 Å². The predicted molar refractivity (Wildman–Crippen MR) is 61.9 cm³/mol. The highest BCUT2D eigenvalue weighted by atomic mass is 16.4. The van der Waals surface area contributed by atoms with Gasteiger partial charge in [-0.3, -0.25) is 9.59 Å². The summed E-state index contributed by atoms with van der Waals surface area (Å²) >= 11 is 0. The second-order valence-electron chi connectivity index (χ2n) is 5.02. The third-order valence-electron chi connectivity index (χ3n) is 2.41. The molecule has 0 spiro atoms. The van der Waals surface area contributed by atoms with Gasteiger partial charge in [-0.2, -0.15) is 0 Å². The number of nitrogens with one attached hydrogen (secondary N) is 1. The van der Waals surface area contributed by atoms with Crippen LogP contribution in [0.5, 0.6) is 0 Å². The number of carbonyl (C=O) groups excluding carboxylic acids is 1. The molecule has 16 heavy (non-hydrogen) atoms. The molecular weight excluding hydrogens is 208 g/mol. The number of nitrogens with two attached hydrogens (primary N) is 1. The van der Waals surface area contributed by atoms with E-state index in [2.05, 4.69) is 5.32 Å². The number of amides is 1. The van der Waals surface area contributed by atoms with Gasteiger partial charge in [-0.15, -0.1) is 0 Å². The van der Waals surface area contributed by atoms with Gasteiger partial charge in [0.2, 0.25) is 5.91 Å². The minimum atomic E-state index is -0.847. The largest absolute Gasteiger partial charge is 0.481 e. The van der Waals surface area contributed by atoms with Gasteiger partial charge in [-0.25, -0.2) is 0 Å². The smallest absolute Gasteiger partial charge is 0.303 e. The molecule has 0 saturated heterocycles. The van der Waals surface area contributed by atoms with E-state index >= 15 is 0 Å². The maximum absolute atomic E-state index is 11.4. The van der Waals surface area contributed by atoms with Gasteiger partial charge in [0.15, 0.2) is 0 Å². The van der Waals surface area contributed by atoms with Crippen molar-refractivity contribution in [3.05, 3.63) is 0 Å². The molecule has 0 aromatic heterocycles. The number of rotatable bonds is 6. The van der Waals surface area contributed by atoms with Crippen LogP contribution in [-0.4, -0.2) is 29.6 Å². The first-order valence-corrected chi connectivity index (χ1v) is 5.47. The van der Waals surface area contributed by atoms with Crippen LogP contribution < -0.4 is 11.1 Å². The molecule has 0 aliphatic rings. The van der Waals surface area contributed by atoms with E-state index < -0.39 is 5.97 Å². The van der Waals surface area contributed by atoms with Crippen molar-refractivity contribution >= 4 is 11.9 Å². The number of carboxylic acids is 1. The average Bonchev–Trinajstić information content (AvgIpc) is 2.10. The maximum atomic E-state index is 11.4. The second kappa shape index (κ2) is 6.48. The van der Waals surface area contributed by atoms with Gasteiger partial charge in [-0.05, 0) is 11.8 Å². The Bertz CT molecular complexity index is 246. The Labute approximate surface area is 96.4 Å². The van der Waals surface area contributed by atoms with E-state index in [0.717, 1.165) is 0 Å². The summed E-state index contributed by atoms with van der Waals surface area (Å²) in [5.74, 6) is -0.964. The summed E-state index contributed by atoms with van der Waals surface area (Å²) in [6.07, 6.45) is 0.800. The molecule has 0 aliphatic heterocycles. The minimum Gasteiger partial charge on any atom is -0.481 e. The average molecular weight is 230 g/mol. The number of aliphatic carboxylic acids is 1. The van der Waals surface area contributed by atoms with Crippen LogP contribution in [-0.2, 0) is 9.59 Å². The topological polar surface area (TPSA) is 92.4 Å². The van der Waals surface area contributed by atoms with E-state index in [4.69, 9.17) is 10.8 Å². The zero-order chi connectivity index (χ0) is 12.8. The fraction of sp³-hybridized carbons (Fsp3) is 0.818. The molecule has 1 amide bonds. The van der Waals surface area contributed by atoms with Crippen molar-refractivity contribution in [1.29, 1.82) is 0 Å². The Kier molecular flexibility index (Phi) is 6.03. The van der Waals surface area contributed by atoms with E-state index in [1.54, 1.807) is 0 Å². The third kappa shape index (κ3) is 7.23. The highest BCUT2D eigenvalue weighted by molar-refractivity contribution is 5.76. The Morgan fingerprint density at radius 1 is 1.38 bits per heavy atom. The van der Waals surface area contributed by atoms with E-state index in [9.17, 15) is 9.59 Å². The normalized spacial score (nSPS) is 13.2. The quantitative estimate of drug-likeness (QED) is 0.586. The van der Waals surface area contributed by atoms with Crippen molar-refractivity contribution in [2.75, 3.05) is 6.54 Å². The summed E-state index contributed by atoms with van der Waals surface area (Å²) in [6, 6.07) is -0.188. The van der Waals surface area contributed by atoms with Gasteiger partial charge in [0.1, 0.15) is 0 Å². The fourth-order valence-electron chi connectivity index (χ4n) is 1.05. The third-order valence-corrected chi connectivity index (χ3v) is 2.41. The molecule has 0 aromatic carbocycles. The molecule has 0 fully saturated rings. The van der Waals surface area contributed by atoms with Gasteiger partial charge < -0.3 is 16.2 Å². The first-order valence-electron chi connectivity index (χ1n) is 5.47. The van der Waals surface area contributed by atoms with Crippen LogP contribution in [0.2, 0.25) is 0 Å². The Morgan fingerprint density at radius 3 is 2.38 bits per heavy atom. The standard InChI is InChI=1S/C11H22N2O3/c1-11(2,3)8(12)7-9(14)13-6-4-5-10(15)16/h8H,4-7,12H2,1-3H3,(H,13,14)(H,15,16). The van der Waals surface area contributed by atoms with Crippen LogP contribution in [0.3, 0.4) is 0 Å². The van der Waals surface area contributed by atoms with Gasteiger partial charge in [0.25, 0.3) is 0 Å². The lowest BCUT2D eigenvalue weighted by Crippen LogP contribution is -2.40. The molecule has 0 aliphatic carbocycles. The molecule has 5 nitrogen and oxygen atoms in total. The zero-order valence-corrected chi connectivity index (χ0v) is 10.2. The monoisotopic (exact) mass is 230 g/mol. The Hall–Kier alpha value is -1.10. The fourth-order valence-corrected chi connectivity index (χ4v) is 1.05. The van der Waals surface area contributed by atoms with Gasteiger partial charge >= 0.3 is 5.97 Å². The number of hydrogen-bond donors (Lipinski definition) is 3. The summed E-state index contributed by atoms with van der Waals surface area (Å²) in [5, 5.41) is 11.1. The van der Waals surface area contributed by atoms with Gasteiger partial charge in [-0.1, -0.05) is 20.8 Å². The van der Waals surface area contributed by atoms with Crippen molar-refractivity contribution < 1.29 is 14.7 Å². The minimum absolute atomic E-state index is 0.0750. The molecule has 0 radical (unpaired) electrons. The van der Waals surface area contributed by atoms with E-state index in [1.807, 2.05) is 20.8 Å². The molecule has 4 N–H and O–H groups in total. The van der Waals surface area contributed by atoms with Crippen molar-refractivity contribution in [2.24, 2.45) is 11.1 Å². The highest BCUT2D eigenvalue weighted by Gasteiger charge is 2.22. The van der Waals surface area contributed by atoms with E-state index in [-0.39, 0.29) is 30.2 Å². The van der Waals surface area contributed by atoms with E-state index in [1.165, 1.54) is 0 Å². The number of carbonyl (C=O) groups is 2. The first-order chi connectivity index (χ1) is 7.23. The lowest BCUT2D eigenvalue weighted by molar-refractivity contribution is -0.137. The molecule has 0 aromatic rings.